The van der Waals surface area contributed by atoms with E-state index in [1.807, 2.05) is 19.9 Å². The van der Waals surface area contributed by atoms with Gasteiger partial charge in [0.15, 0.2) is 11.6 Å². The first kappa shape index (κ1) is 13.3. The second-order valence-electron chi connectivity index (χ2n) is 5.98. The average Bonchev–Trinajstić information content (AvgIpc) is 3.03. The fourth-order valence-corrected chi connectivity index (χ4v) is 2.73. The van der Waals surface area contributed by atoms with Crippen LogP contribution >= 0.6 is 0 Å². The predicted octanol–water partition coefficient (Wildman–Crippen LogP) is 1.05. The van der Waals surface area contributed by atoms with Crippen LogP contribution in [0.15, 0.2) is 10.6 Å². The summed E-state index contributed by atoms with van der Waals surface area (Å²) in [6.07, 6.45) is 3.30. The first-order valence-electron chi connectivity index (χ1n) is 7.35. The van der Waals surface area contributed by atoms with Crippen molar-refractivity contribution in [3.63, 3.8) is 0 Å². The van der Waals surface area contributed by atoms with Crippen LogP contribution < -0.4 is 5.73 Å². The second kappa shape index (κ2) is 4.57. The Balaban J connectivity index is 1.62. The summed E-state index contributed by atoms with van der Waals surface area (Å²) in [6, 6.07) is 1.96. The first-order chi connectivity index (χ1) is 10.5. The normalized spacial score (nSPS) is 16.9. The molecule has 1 fully saturated rings. The van der Waals surface area contributed by atoms with E-state index in [1.165, 1.54) is 0 Å². The van der Waals surface area contributed by atoms with E-state index in [9.17, 15) is 0 Å². The van der Waals surface area contributed by atoms with Gasteiger partial charge in [0.1, 0.15) is 0 Å². The molecule has 3 aromatic rings. The van der Waals surface area contributed by atoms with Gasteiger partial charge in [0.25, 0.3) is 5.78 Å². The van der Waals surface area contributed by atoms with Gasteiger partial charge < -0.3 is 10.3 Å². The number of aromatic nitrogens is 6. The van der Waals surface area contributed by atoms with Gasteiger partial charge >= 0.3 is 0 Å². The lowest BCUT2D eigenvalue weighted by molar-refractivity contribution is 0.229. The van der Waals surface area contributed by atoms with Gasteiger partial charge in [-0.2, -0.15) is 9.97 Å². The minimum atomic E-state index is -0.413. The zero-order valence-electron chi connectivity index (χ0n) is 12.6. The molecule has 4 rings (SSSR count). The van der Waals surface area contributed by atoms with Crippen LogP contribution in [0.3, 0.4) is 0 Å². The summed E-state index contributed by atoms with van der Waals surface area (Å²) in [5.41, 5.74) is 7.69. The first-order valence-corrected chi connectivity index (χ1v) is 7.35. The molecular weight excluding hydrogens is 282 g/mol. The van der Waals surface area contributed by atoms with E-state index in [-0.39, 0.29) is 0 Å². The Hall–Kier alpha value is -2.35. The summed E-state index contributed by atoms with van der Waals surface area (Å²) in [7, 11) is 0. The second-order valence-corrected chi connectivity index (χ2v) is 5.98. The number of nitrogens with two attached hydrogens (primary N) is 1. The highest BCUT2D eigenvalue weighted by molar-refractivity contribution is 5.31. The average molecular weight is 299 g/mol. The number of fused-ring (bicyclic) bond motifs is 1. The monoisotopic (exact) mass is 299 g/mol. The van der Waals surface area contributed by atoms with Crippen LogP contribution in [0.1, 0.15) is 48.2 Å². The van der Waals surface area contributed by atoms with Gasteiger partial charge in [0.05, 0.1) is 12.0 Å². The summed E-state index contributed by atoms with van der Waals surface area (Å²) in [5, 5.41) is 8.44. The van der Waals surface area contributed by atoms with Crippen molar-refractivity contribution in [2.45, 2.75) is 45.1 Å². The molecule has 3 aromatic heterocycles. The van der Waals surface area contributed by atoms with Crippen molar-refractivity contribution in [3.8, 4) is 0 Å². The lowest BCUT2D eigenvalue weighted by Crippen LogP contribution is -2.44. The highest BCUT2D eigenvalue weighted by atomic mass is 16.5. The Morgan fingerprint density at radius 1 is 1.27 bits per heavy atom. The molecule has 0 unspecified atom stereocenters. The van der Waals surface area contributed by atoms with Gasteiger partial charge in [-0.05, 0) is 39.2 Å². The van der Waals surface area contributed by atoms with Gasteiger partial charge in [0.2, 0.25) is 5.89 Å². The Morgan fingerprint density at radius 2 is 2.09 bits per heavy atom. The van der Waals surface area contributed by atoms with E-state index in [0.717, 1.165) is 30.7 Å². The lowest BCUT2D eigenvalue weighted by Gasteiger charge is -2.34. The van der Waals surface area contributed by atoms with E-state index >= 15 is 0 Å². The molecule has 114 valence electrons. The van der Waals surface area contributed by atoms with Gasteiger partial charge in [-0.15, -0.1) is 5.10 Å². The highest BCUT2D eigenvalue weighted by Gasteiger charge is 2.39. The maximum absolute atomic E-state index is 6.20. The molecule has 0 amide bonds. The SMILES string of the molecule is Cc1cc(C)n2nc(Cc3nc(C4(N)CCC4)no3)nc2n1. The topological polar surface area (TPSA) is 108 Å². The van der Waals surface area contributed by atoms with Crippen molar-refractivity contribution in [2.75, 3.05) is 0 Å². The zero-order chi connectivity index (χ0) is 15.3. The number of hydrogen-bond acceptors (Lipinski definition) is 7. The van der Waals surface area contributed by atoms with Crippen LogP contribution in [0.4, 0.5) is 0 Å². The number of aryl methyl sites for hydroxylation is 2. The van der Waals surface area contributed by atoms with Crippen molar-refractivity contribution in [1.82, 2.24) is 29.7 Å². The third-order valence-electron chi connectivity index (χ3n) is 4.13. The van der Waals surface area contributed by atoms with Gasteiger partial charge in [0, 0.05) is 11.4 Å². The maximum Gasteiger partial charge on any atom is 0.252 e. The standard InChI is InChI=1S/C14H17N7O/c1-8-6-9(2)21-13(16-8)17-10(19-21)7-11-18-12(20-22-11)14(15)4-3-5-14/h6H,3-5,7,15H2,1-2H3. The van der Waals surface area contributed by atoms with E-state index < -0.39 is 5.54 Å². The fraction of sp³-hybridized carbons (Fsp3) is 0.500. The fourth-order valence-electron chi connectivity index (χ4n) is 2.73. The molecule has 0 saturated heterocycles. The molecule has 2 N–H and O–H groups in total. The predicted molar refractivity (Wildman–Crippen MR) is 77.1 cm³/mol. The molecule has 0 atom stereocenters. The minimum Gasteiger partial charge on any atom is -0.339 e. The Labute approximate surface area is 126 Å². The molecule has 3 heterocycles. The summed E-state index contributed by atoms with van der Waals surface area (Å²) < 4.78 is 7.01. The van der Waals surface area contributed by atoms with Crippen LogP contribution in [-0.4, -0.2) is 29.7 Å². The molecule has 8 heteroatoms. The molecule has 0 aliphatic heterocycles. The molecule has 1 aliphatic carbocycles. The van der Waals surface area contributed by atoms with E-state index in [2.05, 4.69) is 25.2 Å². The van der Waals surface area contributed by atoms with Crippen LogP contribution in [0.25, 0.3) is 5.78 Å². The third kappa shape index (κ3) is 2.07. The van der Waals surface area contributed by atoms with Crippen molar-refractivity contribution in [3.05, 3.63) is 35.0 Å². The van der Waals surface area contributed by atoms with Crippen LogP contribution in [0.2, 0.25) is 0 Å². The smallest absolute Gasteiger partial charge is 0.252 e. The highest BCUT2D eigenvalue weighted by Crippen LogP contribution is 2.36. The maximum atomic E-state index is 6.20. The molecule has 1 saturated carbocycles. The van der Waals surface area contributed by atoms with Crippen molar-refractivity contribution in [2.24, 2.45) is 5.73 Å². The largest absolute Gasteiger partial charge is 0.339 e. The Kier molecular flexibility index (Phi) is 2.77. The van der Waals surface area contributed by atoms with E-state index in [1.54, 1.807) is 4.52 Å². The number of rotatable bonds is 3. The molecule has 8 nitrogen and oxygen atoms in total. The van der Waals surface area contributed by atoms with Crippen LogP contribution in [0.5, 0.6) is 0 Å². The molecule has 0 spiro atoms. The van der Waals surface area contributed by atoms with Crippen molar-refractivity contribution < 1.29 is 4.52 Å². The summed E-state index contributed by atoms with van der Waals surface area (Å²) in [5.74, 6) is 2.26. The summed E-state index contributed by atoms with van der Waals surface area (Å²) >= 11 is 0. The van der Waals surface area contributed by atoms with Gasteiger partial charge in [-0.25, -0.2) is 9.50 Å². The number of nitrogens with zero attached hydrogens (tertiary/aromatic N) is 6. The molecule has 0 aromatic carbocycles. The summed E-state index contributed by atoms with van der Waals surface area (Å²) in [4.78, 5) is 13.2. The molecule has 22 heavy (non-hydrogen) atoms. The van der Waals surface area contributed by atoms with Gasteiger partial charge in [-0.1, -0.05) is 5.16 Å². The van der Waals surface area contributed by atoms with Crippen LogP contribution in [0, 0.1) is 13.8 Å². The molecule has 0 bridgehead atoms. The van der Waals surface area contributed by atoms with E-state index in [0.29, 0.717) is 29.7 Å². The lowest BCUT2D eigenvalue weighted by atomic mass is 9.77. The van der Waals surface area contributed by atoms with E-state index in [4.69, 9.17) is 10.3 Å². The van der Waals surface area contributed by atoms with Crippen molar-refractivity contribution >= 4 is 5.78 Å². The third-order valence-corrected chi connectivity index (χ3v) is 4.13. The molecule has 1 aliphatic rings. The zero-order valence-corrected chi connectivity index (χ0v) is 12.6. The van der Waals surface area contributed by atoms with Gasteiger partial charge in [-0.3, -0.25) is 0 Å². The Bertz CT molecular complexity index is 846. The Morgan fingerprint density at radius 3 is 2.82 bits per heavy atom. The summed E-state index contributed by atoms with van der Waals surface area (Å²) in [6.45, 7) is 3.91. The number of hydrogen-bond donors (Lipinski definition) is 1. The minimum absolute atomic E-state index is 0.380. The van der Waals surface area contributed by atoms with Crippen molar-refractivity contribution in [1.29, 1.82) is 0 Å². The molecular formula is C14H17N7O. The quantitative estimate of drug-likeness (QED) is 0.770. The van der Waals surface area contributed by atoms with Crippen LogP contribution in [-0.2, 0) is 12.0 Å². The molecule has 0 radical (unpaired) electrons.